The Bertz CT molecular complexity index is 1190. The molecule has 7 heteroatoms. The van der Waals surface area contributed by atoms with Crippen LogP contribution in [0.2, 0.25) is 5.02 Å². The predicted octanol–water partition coefficient (Wildman–Crippen LogP) is 6.19. The van der Waals surface area contributed by atoms with E-state index < -0.39 is 5.97 Å². The lowest BCUT2D eigenvalue weighted by Crippen LogP contribution is -2.26. The second kappa shape index (κ2) is 9.20. The Balaban J connectivity index is 1.54. The molecular weight excluding hydrogens is 440 g/mol. The van der Waals surface area contributed by atoms with E-state index in [2.05, 4.69) is 11.4 Å². The number of hydrogen-bond acceptors (Lipinski definition) is 5. The van der Waals surface area contributed by atoms with Gasteiger partial charge in [-0.25, -0.2) is 9.78 Å². The Morgan fingerprint density at radius 3 is 2.67 bits per heavy atom. The van der Waals surface area contributed by atoms with Gasteiger partial charge >= 0.3 is 5.97 Å². The van der Waals surface area contributed by atoms with Gasteiger partial charge in [-0.2, -0.15) is 0 Å². The van der Waals surface area contributed by atoms with Gasteiger partial charge in [0, 0.05) is 40.9 Å². The summed E-state index contributed by atoms with van der Waals surface area (Å²) in [6.45, 7) is 3.43. The second-order valence-corrected chi connectivity index (χ2v) is 9.29. The Morgan fingerprint density at radius 2 is 1.94 bits per heavy atom. The summed E-state index contributed by atoms with van der Waals surface area (Å²) in [5.41, 5.74) is 3.59. The van der Waals surface area contributed by atoms with Crippen LogP contribution in [0.25, 0.3) is 10.9 Å². The van der Waals surface area contributed by atoms with Crippen LogP contribution in [0.1, 0.15) is 66.2 Å². The van der Waals surface area contributed by atoms with E-state index in [1.54, 1.807) is 18.2 Å². The number of para-hydroxylation sites is 1. The van der Waals surface area contributed by atoms with Crippen molar-refractivity contribution >= 4 is 34.2 Å². The minimum absolute atomic E-state index is 0.129. The molecule has 0 spiro atoms. The highest BCUT2D eigenvalue weighted by molar-refractivity contribution is 6.31. The van der Waals surface area contributed by atoms with Crippen molar-refractivity contribution in [1.29, 1.82) is 0 Å². The van der Waals surface area contributed by atoms with Gasteiger partial charge < -0.3 is 19.9 Å². The fourth-order valence-electron chi connectivity index (χ4n) is 4.45. The van der Waals surface area contributed by atoms with E-state index in [1.165, 1.54) is 0 Å². The highest BCUT2D eigenvalue weighted by Gasteiger charge is 2.31. The molecule has 1 aliphatic heterocycles. The average Bonchev–Trinajstić information content (AvgIpc) is 3.64. The zero-order valence-corrected chi connectivity index (χ0v) is 19.3. The van der Waals surface area contributed by atoms with Crippen molar-refractivity contribution in [2.24, 2.45) is 0 Å². The summed E-state index contributed by atoms with van der Waals surface area (Å²) in [6, 6.07) is 12.6. The van der Waals surface area contributed by atoms with Gasteiger partial charge in [0.05, 0.1) is 30.0 Å². The Labute approximate surface area is 197 Å². The monoisotopic (exact) mass is 466 g/mol. The first-order chi connectivity index (χ1) is 16.0. The molecule has 33 heavy (non-hydrogen) atoms. The van der Waals surface area contributed by atoms with Crippen LogP contribution < -0.4 is 10.1 Å². The van der Waals surface area contributed by atoms with Crippen molar-refractivity contribution in [3.8, 4) is 5.75 Å². The molecule has 1 saturated carbocycles. The van der Waals surface area contributed by atoms with Crippen molar-refractivity contribution in [3.05, 3.63) is 64.3 Å². The standard InChI is InChI=1S/C26H27ClN2O4/c1-15(28-22-5-3-2-4-19(22)26(30)31)20-12-17(27)13-23-21(20)14-24(25(29-23)16-6-7-16)33-18-8-10-32-11-9-18/h2-5,12-16,18,28H,6-11H2,1H3,(H,30,31)/t15-/m0/s1. The minimum Gasteiger partial charge on any atom is -0.488 e. The number of carboxylic acid groups (broad SMARTS) is 1. The number of aromatic nitrogens is 1. The lowest BCUT2D eigenvalue weighted by Gasteiger charge is -2.25. The number of nitrogens with zero attached hydrogens (tertiary/aromatic N) is 1. The number of aromatic carboxylic acids is 1. The van der Waals surface area contributed by atoms with Gasteiger partial charge in [-0.3, -0.25) is 0 Å². The van der Waals surface area contributed by atoms with Crippen molar-refractivity contribution in [2.45, 2.75) is 50.7 Å². The summed E-state index contributed by atoms with van der Waals surface area (Å²) in [6.07, 6.45) is 4.13. The second-order valence-electron chi connectivity index (χ2n) is 8.85. The summed E-state index contributed by atoms with van der Waals surface area (Å²) in [5.74, 6) is 0.312. The van der Waals surface area contributed by atoms with Gasteiger partial charge in [0.1, 0.15) is 11.9 Å². The molecule has 2 heterocycles. The Morgan fingerprint density at radius 1 is 1.18 bits per heavy atom. The molecule has 6 nitrogen and oxygen atoms in total. The molecule has 5 rings (SSSR count). The van der Waals surface area contributed by atoms with Crippen LogP contribution in [0.5, 0.6) is 5.75 Å². The van der Waals surface area contributed by atoms with Gasteiger partial charge in [-0.1, -0.05) is 23.7 Å². The number of pyridine rings is 1. The first kappa shape index (κ1) is 22.0. The third kappa shape index (κ3) is 4.77. The SMILES string of the molecule is C[C@H](Nc1ccccc1C(=O)O)c1cc(Cl)cc2nc(C3CC3)c(OC3CCOCC3)cc12. The third-order valence-electron chi connectivity index (χ3n) is 6.35. The maximum Gasteiger partial charge on any atom is 0.337 e. The van der Waals surface area contributed by atoms with Gasteiger partial charge in [-0.15, -0.1) is 0 Å². The summed E-state index contributed by atoms with van der Waals surface area (Å²) >= 11 is 6.49. The number of carboxylic acids is 1. The summed E-state index contributed by atoms with van der Waals surface area (Å²) in [7, 11) is 0. The first-order valence-electron chi connectivity index (χ1n) is 11.5. The zero-order chi connectivity index (χ0) is 22.9. The molecule has 1 aliphatic carbocycles. The molecule has 2 aliphatic rings. The van der Waals surface area contributed by atoms with E-state index in [9.17, 15) is 9.90 Å². The van der Waals surface area contributed by atoms with Crippen LogP contribution in [0.15, 0.2) is 42.5 Å². The molecule has 2 fully saturated rings. The van der Waals surface area contributed by atoms with Crippen LogP contribution in [0.4, 0.5) is 5.69 Å². The highest BCUT2D eigenvalue weighted by Crippen LogP contribution is 2.45. The number of fused-ring (bicyclic) bond motifs is 1. The number of anilines is 1. The summed E-state index contributed by atoms with van der Waals surface area (Å²) < 4.78 is 11.9. The number of carbonyl (C=O) groups is 1. The molecule has 0 bridgehead atoms. The molecule has 0 amide bonds. The largest absolute Gasteiger partial charge is 0.488 e. The molecule has 0 unspecified atom stereocenters. The number of rotatable bonds is 7. The molecule has 1 saturated heterocycles. The van der Waals surface area contributed by atoms with E-state index in [0.717, 1.165) is 66.8 Å². The maximum absolute atomic E-state index is 11.7. The lowest BCUT2D eigenvalue weighted by molar-refractivity contribution is 0.0251. The van der Waals surface area contributed by atoms with Gasteiger partial charge in [0.25, 0.3) is 0 Å². The number of benzene rings is 2. The Hall–Kier alpha value is -2.83. The van der Waals surface area contributed by atoms with Gasteiger partial charge in [-0.05, 0) is 55.7 Å². The van der Waals surface area contributed by atoms with E-state index in [1.807, 2.05) is 25.1 Å². The zero-order valence-electron chi connectivity index (χ0n) is 18.5. The van der Waals surface area contributed by atoms with Crippen LogP contribution in [0, 0.1) is 0 Å². The summed E-state index contributed by atoms with van der Waals surface area (Å²) in [5, 5.41) is 14.5. The van der Waals surface area contributed by atoms with Gasteiger partial charge in [0.2, 0.25) is 0 Å². The quantitative estimate of drug-likeness (QED) is 0.431. The smallest absolute Gasteiger partial charge is 0.337 e. The number of ether oxygens (including phenoxy) is 2. The molecule has 2 N–H and O–H groups in total. The molecule has 1 atom stereocenters. The number of halogens is 1. The van der Waals surface area contributed by atoms with E-state index >= 15 is 0 Å². The van der Waals surface area contributed by atoms with Crippen LogP contribution in [-0.4, -0.2) is 35.4 Å². The van der Waals surface area contributed by atoms with E-state index in [-0.39, 0.29) is 17.7 Å². The maximum atomic E-state index is 11.7. The molecule has 3 aromatic rings. The van der Waals surface area contributed by atoms with Crippen molar-refractivity contribution in [1.82, 2.24) is 4.98 Å². The minimum atomic E-state index is -0.968. The van der Waals surface area contributed by atoms with Crippen LogP contribution in [-0.2, 0) is 4.74 Å². The molecule has 172 valence electrons. The molecule has 1 aromatic heterocycles. The highest BCUT2D eigenvalue weighted by atomic mass is 35.5. The third-order valence-corrected chi connectivity index (χ3v) is 6.56. The van der Waals surface area contributed by atoms with Crippen molar-refractivity contribution in [2.75, 3.05) is 18.5 Å². The van der Waals surface area contributed by atoms with E-state index in [4.69, 9.17) is 26.1 Å². The topological polar surface area (TPSA) is 80.7 Å². The van der Waals surface area contributed by atoms with Crippen LogP contribution >= 0.6 is 11.6 Å². The Kier molecular flexibility index (Phi) is 6.13. The predicted molar refractivity (Wildman–Crippen MR) is 129 cm³/mol. The fraction of sp³-hybridized carbons (Fsp3) is 0.385. The number of hydrogen-bond donors (Lipinski definition) is 2. The average molecular weight is 467 g/mol. The molecule has 0 radical (unpaired) electrons. The molecular formula is C26H27ClN2O4. The normalized spacial score (nSPS) is 17.6. The summed E-state index contributed by atoms with van der Waals surface area (Å²) in [4.78, 5) is 16.6. The fourth-order valence-corrected chi connectivity index (χ4v) is 4.67. The lowest BCUT2D eigenvalue weighted by atomic mass is 10.00. The van der Waals surface area contributed by atoms with Crippen LogP contribution in [0.3, 0.4) is 0 Å². The van der Waals surface area contributed by atoms with Crippen molar-refractivity contribution < 1.29 is 19.4 Å². The van der Waals surface area contributed by atoms with E-state index in [0.29, 0.717) is 16.6 Å². The number of nitrogens with one attached hydrogen (secondary N) is 1. The van der Waals surface area contributed by atoms with Gasteiger partial charge in [0.15, 0.2) is 0 Å². The van der Waals surface area contributed by atoms with Crippen molar-refractivity contribution in [3.63, 3.8) is 0 Å². The molecule has 2 aromatic carbocycles. The first-order valence-corrected chi connectivity index (χ1v) is 11.8.